The molecule has 1 heterocycles. The Bertz CT molecular complexity index is 607. The van der Waals surface area contributed by atoms with Crippen LogP contribution in [-0.4, -0.2) is 28.8 Å². The molecule has 24 heavy (non-hydrogen) atoms. The van der Waals surface area contributed by atoms with Crippen LogP contribution in [0.1, 0.15) is 31.9 Å². The van der Waals surface area contributed by atoms with Gasteiger partial charge in [-0.25, -0.2) is 4.99 Å². The predicted molar refractivity (Wildman–Crippen MR) is 111 cm³/mol. The van der Waals surface area contributed by atoms with Crippen molar-refractivity contribution in [1.82, 2.24) is 20.4 Å². The molecule has 0 aliphatic rings. The molecule has 0 radical (unpaired) electrons. The Kier molecular flexibility index (Phi) is 9.44. The Balaban J connectivity index is 0.00000288. The fourth-order valence-electron chi connectivity index (χ4n) is 2.16. The normalized spacial score (nSPS) is 11.2. The SMILES string of the molecule is CCNC(=NCc1cnn(Cc2ccccc2)c1)NCC(C)C.I. The van der Waals surface area contributed by atoms with E-state index in [0.29, 0.717) is 12.5 Å². The second-order valence-electron chi connectivity index (χ2n) is 6.00. The minimum atomic E-state index is 0. The number of nitrogens with one attached hydrogen (secondary N) is 2. The highest BCUT2D eigenvalue weighted by molar-refractivity contribution is 14.0. The quantitative estimate of drug-likeness (QED) is 0.394. The fourth-order valence-corrected chi connectivity index (χ4v) is 2.16. The van der Waals surface area contributed by atoms with E-state index in [-0.39, 0.29) is 24.0 Å². The molecule has 0 aliphatic carbocycles. The lowest BCUT2D eigenvalue weighted by Gasteiger charge is -2.12. The summed E-state index contributed by atoms with van der Waals surface area (Å²) in [5.41, 5.74) is 2.36. The number of hydrogen-bond acceptors (Lipinski definition) is 2. The Morgan fingerprint density at radius 1 is 1.17 bits per heavy atom. The van der Waals surface area contributed by atoms with Crippen LogP contribution in [0.2, 0.25) is 0 Å². The van der Waals surface area contributed by atoms with Gasteiger partial charge in [0.05, 0.1) is 19.3 Å². The van der Waals surface area contributed by atoms with Gasteiger partial charge in [-0.1, -0.05) is 44.2 Å². The van der Waals surface area contributed by atoms with Gasteiger partial charge in [0.15, 0.2) is 5.96 Å². The maximum Gasteiger partial charge on any atom is 0.191 e. The molecule has 0 unspecified atom stereocenters. The van der Waals surface area contributed by atoms with E-state index in [1.807, 2.05) is 29.1 Å². The Morgan fingerprint density at radius 2 is 1.92 bits per heavy atom. The number of nitrogens with zero attached hydrogens (tertiary/aromatic N) is 3. The second kappa shape index (κ2) is 11.1. The van der Waals surface area contributed by atoms with Crippen LogP contribution in [0.25, 0.3) is 0 Å². The van der Waals surface area contributed by atoms with E-state index in [1.54, 1.807) is 0 Å². The molecule has 132 valence electrons. The summed E-state index contributed by atoms with van der Waals surface area (Å²) in [4.78, 5) is 4.62. The molecule has 1 aromatic carbocycles. The van der Waals surface area contributed by atoms with Crippen molar-refractivity contribution in [3.8, 4) is 0 Å². The Labute approximate surface area is 162 Å². The first-order valence-corrected chi connectivity index (χ1v) is 8.24. The van der Waals surface area contributed by atoms with E-state index in [2.05, 4.69) is 59.8 Å². The topological polar surface area (TPSA) is 54.2 Å². The van der Waals surface area contributed by atoms with E-state index in [0.717, 1.165) is 31.2 Å². The van der Waals surface area contributed by atoms with Gasteiger partial charge in [0.2, 0.25) is 0 Å². The van der Waals surface area contributed by atoms with Gasteiger partial charge in [-0.3, -0.25) is 4.68 Å². The molecule has 0 spiro atoms. The van der Waals surface area contributed by atoms with Gasteiger partial charge < -0.3 is 10.6 Å². The summed E-state index contributed by atoms with van der Waals surface area (Å²) in [6, 6.07) is 10.3. The van der Waals surface area contributed by atoms with Crippen LogP contribution < -0.4 is 10.6 Å². The largest absolute Gasteiger partial charge is 0.357 e. The summed E-state index contributed by atoms with van der Waals surface area (Å²) in [6.07, 6.45) is 3.95. The lowest BCUT2D eigenvalue weighted by atomic mass is 10.2. The molecule has 1 aromatic heterocycles. The molecule has 0 saturated heterocycles. The van der Waals surface area contributed by atoms with Crippen molar-refractivity contribution in [2.45, 2.75) is 33.9 Å². The zero-order chi connectivity index (χ0) is 16.5. The third kappa shape index (κ3) is 7.33. The van der Waals surface area contributed by atoms with Crippen LogP contribution in [0.15, 0.2) is 47.7 Å². The summed E-state index contributed by atoms with van der Waals surface area (Å²) in [7, 11) is 0. The van der Waals surface area contributed by atoms with Crippen LogP contribution in [0, 0.1) is 5.92 Å². The van der Waals surface area contributed by atoms with Gasteiger partial charge in [-0.2, -0.15) is 5.10 Å². The average molecular weight is 441 g/mol. The van der Waals surface area contributed by atoms with Crippen molar-refractivity contribution >= 4 is 29.9 Å². The molecular weight excluding hydrogens is 413 g/mol. The maximum absolute atomic E-state index is 4.62. The number of hydrogen-bond donors (Lipinski definition) is 2. The van der Waals surface area contributed by atoms with Gasteiger partial charge in [0, 0.05) is 24.8 Å². The van der Waals surface area contributed by atoms with E-state index < -0.39 is 0 Å². The van der Waals surface area contributed by atoms with Gasteiger partial charge in [0.1, 0.15) is 0 Å². The standard InChI is InChI=1S/C18H27N5.HI/c1-4-19-18(20-10-15(2)3)21-11-17-12-22-23(14-17)13-16-8-6-5-7-9-16;/h5-9,12,14-15H,4,10-11,13H2,1-3H3,(H2,19,20,21);1H. The lowest BCUT2D eigenvalue weighted by Crippen LogP contribution is -2.39. The van der Waals surface area contributed by atoms with E-state index in [1.165, 1.54) is 5.56 Å². The molecule has 0 amide bonds. The van der Waals surface area contributed by atoms with Crippen molar-refractivity contribution in [3.05, 3.63) is 53.9 Å². The predicted octanol–water partition coefficient (Wildman–Crippen LogP) is 3.26. The van der Waals surface area contributed by atoms with Crippen LogP contribution in [0.5, 0.6) is 0 Å². The van der Waals surface area contributed by atoms with Crippen molar-refractivity contribution in [3.63, 3.8) is 0 Å². The molecule has 6 heteroatoms. The van der Waals surface area contributed by atoms with Crippen LogP contribution in [-0.2, 0) is 13.1 Å². The molecule has 0 saturated carbocycles. The monoisotopic (exact) mass is 441 g/mol. The number of aliphatic imine (C=N–C) groups is 1. The highest BCUT2D eigenvalue weighted by Crippen LogP contribution is 2.05. The van der Waals surface area contributed by atoms with Crippen molar-refractivity contribution in [2.24, 2.45) is 10.9 Å². The first kappa shape index (κ1) is 20.5. The third-order valence-corrected chi connectivity index (χ3v) is 3.32. The Morgan fingerprint density at radius 3 is 2.58 bits per heavy atom. The van der Waals surface area contributed by atoms with Crippen molar-refractivity contribution in [1.29, 1.82) is 0 Å². The molecule has 0 atom stereocenters. The second-order valence-corrected chi connectivity index (χ2v) is 6.00. The first-order chi connectivity index (χ1) is 11.2. The highest BCUT2D eigenvalue weighted by Gasteiger charge is 2.02. The summed E-state index contributed by atoms with van der Waals surface area (Å²) in [5.74, 6) is 1.45. The van der Waals surface area contributed by atoms with Gasteiger partial charge in [0.25, 0.3) is 0 Å². The maximum atomic E-state index is 4.62. The zero-order valence-electron chi connectivity index (χ0n) is 14.7. The van der Waals surface area contributed by atoms with E-state index in [9.17, 15) is 0 Å². The van der Waals surface area contributed by atoms with E-state index in [4.69, 9.17) is 0 Å². The minimum Gasteiger partial charge on any atom is -0.357 e. The fraction of sp³-hybridized carbons (Fsp3) is 0.444. The van der Waals surface area contributed by atoms with Crippen LogP contribution >= 0.6 is 24.0 Å². The smallest absolute Gasteiger partial charge is 0.191 e. The third-order valence-electron chi connectivity index (χ3n) is 3.32. The molecular formula is C18H28IN5. The number of halogens is 1. The molecule has 0 bridgehead atoms. The number of guanidine groups is 1. The Hall–Kier alpha value is -1.57. The molecule has 2 N–H and O–H groups in total. The summed E-state index contributed by atoms with van der Waals surface area (Å²) in [5, 5.41) is 11.0. The number of rotatable bonds is 7. The average Bonchev–Trinajstić information content (AvgIpc) is 2.98. The van der Waals surface area contributed by atoms with Gasteiger partial charge >= 0.3 is 0 Å². The molecule has 0 aliphatic heterocycles. The zero-order valence-corrected chi connectivity index (χ0v) is 17.0. The van der Waals surface area contributed by atoms with Crippen LogP contribution in [0.3, 0.4) is 0 Å². The van der Waals surface area contributed by atoms with Gasteiger partial charge in [-0.05, 0) is 18.4 Å². The first-order valence-electron chi connectivity index (χ1n) is 8.24. The van der Waals surface area contributed by atoms with Crippen LogP contribution in [0.4, 0.5) is 0 Å². The lowest BCUT2D eigenvalue weighted by molar-refractivity contribution is 0.615. The molecule has 0 fully saturated rings. The van der Waals surface area contributed by atoms with Crippen molar-refractivity contribution < 1.29 is 0 Å². The molecule has 5 nitrogen and oxygen atoms in total. The van der Waals surface area contributed by atoms with Gasteiger partial charge in [-0.15, -0.1) is 24.0 Å². The minimum absolute atomic E-state index is 0. The summed E-state index contributed by atoms with van der Waals surface area (Å²) >= 11 is 0. The highest BCUT2D eigenvalue weighted by atomic mass is 127. The summed E-state index contributed by atoms with van der Waals surface area (Å²) in [6.45, 7) is 9.63. The summed E-state index contributed by atoms with van der Waals surface area (Å²) < 4.78 is 1.95. The van der Waals surface area contributed by atoms with Crippen molar-refractivity contribution in [2.75, 3.05) is 13.1 Å². The molecule has 2 aromatic rings. The molecule has 2 rings (SSSR count). The number of benzene rings is 1. The van der Waals surface area contributed by atoms with E-state index >= 15 is 0 Å². The number of aromatic nitrogens is 2.